The van der Waals surface area contributed by atoms with Crippen molar-refractivity contribution in [1.82, 2.24) is 4.90 Å². The maximum absolute atomic E-state index is 9.57. The summed E-state index contributed by atoms with van der Waals surface area (Å²) in [6, 6.07) is 25.8. The summed E-state index contributed by atoms with van der Waals surface area (Å²) in [5.74, 6) is 0.597. The normalized spacial score (nSPS) is 17.8. The molecular weight excluding hydrogens is 336 g/mol. The first-order valence-corrected chi connectivity index (χ1v) is 9.30. The molecule has 1 saturated heterocycles. The molecule has 2 N–H and O–H groups in total. The molecule has 1 aliphatic heterocycles. The minimum atomic E-state index is 0.280. The molecule has 0 radical (unpaired) electrons. The first kappa shape index (κ1) is 17.4. The Kier molecular flexibility index (Phi) is 4.99. The van der Waals surface area contributed by atoms with Crippen LogP contribution in [0.3, 0.4) is 0 Å². The summed E-state index contributed by atoms with van der Waals surface area (Å²) < 4.78 is 0. The highest BCUT2D eigenvalue weighted by Gasteiger charge is 2.28. The van der Waals surface area contributed by atoms with Gasteiger partial charge in [-0.25, -0.2) is 0 Å². The molecule has 1 heterocycles. The van der Waals surface area contributed by atoms with E-state index in [4.69, 9.17) is 0 Å². The molecule has 0 aromatic heterocycles. The predicted octanol–water partition coefficient (Wildman–Crippen LogP) is 4.16. The van der Waals surface area contributed by atoms with Crippen molar-refractivity contribution >= 4 is 5.69 Å². The third-order valence-electron chi connectivity index (χ3n) is 5.21. The Morgan fingerprint density at radius 1 is 0.741 bits per heavy atom. The van der Waals surface area contributed by atoms with Crippen molar-refractivity contribution < 1.29 is 10.2 Å². The molecule has 1 atom stereocenters. The van der Waals surface area contributed by atoms with Crippen LogP contribution >= 0.6 is 0 Å². The van der Waals surface area contributed by atoms with E-state index < -0.39 is 0 Å². The largest absolute Gasteiger partial charge is 0.508 e. The molecule has 0 aliphatic carbocycles. The van der Waals surface area contributed by atoms with E-state index in [0.29, 0.717) is 11.5 Å². The standard InChI is InChI=1S/C23H24N2O2/c26-21-10-6-18(7-11-21)16-25-15-14-24(20-8-12-22(27)13-9-20)17-23(25)19-4-2-1-3-5-19/h1-13,23,26-27H,14-17H2. The summed E-state index contributed by atoms with van der Waals surface area (Å²) >= 11 is 0. The minimum absolute atomic E-state index is 0.280. The Labute approximate surface area is 159 Å². The molecule has 0 amide bonds. The number of phenolic OH excluding ortho intramolecular Hbond substituents is 2. The zero-order valence-electron chi connectivity index (χ0n) is 15.2. The van der Waals surface area contributed by atoms with Crippen molar-refractivity contribution in [2.24, 2.45) is 0 Å². The topological polar surface area (TPSA) is 46.9 Å². The highest BCUT2D eigenvalue weighted by molar-refractivity contribution is 5.50. The smallest absolute Gasteiger partial charge is 0.115 e. The summed E-state index contributed by atoms with van der Waals surface area (Å²) in [6.07, 6.45) is 0. The number of rotatable bonds is 4. The molecule has 0 spiro atoms. The molecular formula is C23H24N2O2. The average Bonchev–Trinajstić information content (AvgIpc) is 2.71. The van der Waals surface area contributed by atoms with Crippen LogP contribution in [0.1, 0.15) is 17.2 Å². The van der Waals surface area contributed by atoms with E-state index in [-0.39, 0.29) is 6.04 Å². The molecule has 0 saturated carbocycles. The second kappa shape index (κ2) is 7.72. The number of piperazine rings is 1. The van der Waals surface area contributed by atoms with Crippen molar-refractivity contribution in [1.29, 1.82) is 0 Å². The fourth-order valence-corrected chi connectivity index (χ4v) is 3.73. The second-order valence-electron chi connectivity index (χ2n) is 7.03. The molecule has 1 fully saturated rings. The Bertz CT molecular complexity index is 863. The van der Waals surface area contributed by atoms with Crippen LogP contribution in [-0.2, 0) is 6.54 Å². The summed E-state index contributed by atoms with van der Waals surface area (Å²) in [5.41, 5.74) is 3.64. The lowest BCUT2D eigenvalue weighted by atomic mass is 10.0. The van der Waals surface area contributed by atoms with E-state index >= 15 is 0 Å². The lowest BCUT2D eigenvalue weighted by molar-refractivity contribution is 0.169. The van der Waals surface area contributed by atoms with Gasteiger partial charge in [0.05, 0.1) is 6.04 Å². The number of benzene rings is 3. The van der Waals surface area contributed by atoms with Gasteiger partial charge in [-0.2, -0.15) is 0 Å². The molecule has 4 nitrogen and oxygen atoms in total. The van der Waals surface area contributed by atoms with E-state index in [1.54, 1.807) is 24.3 Å². The highest BCUT2D eigenvalue weighted by atomic mass is 16.3. The van der Waals surface area contributed by atoms with Gasteiger partial charge in [-0.15, -0.1) is 0 Å². The predicted molar refractivity (Wildman–Crippen MR) is 108 cm³/mol. The van der Waals surface area contributed by atoms with Gasteiger partial charge in [0.1, 0.15) is 11.5 Å². The first-order chi connectivity index (χ1) is 13.2. The molecule has 4 heteroatoms. The van der Waals surface area contributed by atoms with Crippen LogP contribution < -0.4 is 4.90 Å². The van der Waals surface area contributed by atoms with Gasteiger partial charge >= 0.3 is 0 Å². The summed E-state index contributed by atoms with van der Waals surface area (Å²) in [7, 11) is 0. The molecule has 27 heavy (non-hydrogen) atoms. The van der Waals surface area contributed by atoms with Crippen LogP contribution in [0.4, 0.5) is 5.69 Å². The second-order valence-corrected chi connectivity index (χ2v) is 7.03. The third-order valence-corrected chi connectivity index (χ3v) is 5.21. The number of hydrogen-bond acceptors (Lipinski definition) is 4. The highest BCUT2D eigenvalue weighted by Crippen LogP contribution is 2.30. The Morgan fingerprint density at radius 3 is 2.04 bits per heavy atom. The average molecular weight is 360 g/mol. The van der Waals surface area contributed by atoms with Crippen LogP contribution in [0.25, 0.3) is 0 Å². The van der Waals surface area contributed by atoms with Gasteiger partial charge < -0.3 is 15.1 Å². The Hall–Kier alpha value is -2.98. The van der Waals surface area contributed by atoms with Crippen LogP contribution in [0.15, 0.2) is 78.9 Å². The van der Waals surface area contributed by atoms with Crippen LogP contribution in [0.5, 0.6) is 11.5 Å². The van der Waals surface area contributed by atoms with E-state index in [1.165, 1.54) is 11.1 Å². The molecule has 1 unspecified atom stereocenters. The number of anilines is 1. The third kappa shape index (κ3) is 4.07. The summed E-state index contributed by atoms with van der Waals surface area (Å²) in [5, 5.41) is 19.1. The summed E-state index contributed by atoms with van der Waals surface area (Å²) in [4.78, 5) is 4.88. The van der Waals surface area contributed by atoms with E-state index in [1.807, 2.05) is 30.3 Å². The fourth-order valence-electron chi connectivity index (χ4n) is 3.73. The molecule has 3 aromatic carbocycles. The first-order valence-electron chi connectivity index (χ1n) is 9.30. The summed E-state index contributed by atoms with van der Waals surface area (Å²) in [6.45, 7) is 3.63. The van der Waals surface area contributed by atoms with Gasteiger partial charge in [0.2, 0.25) is 0 Å². The van der Waals surface area contributed by atoms with Crippen molar-refractivity contribution in [3.8, 4) is 11.5 Å². The fraction of sp³-hybridized carbons (Fsp3) is 0.217. The van der Waals surface area contributed by atoms with Gasteiger partial charge in [0, 0.05) is 31.9 Å². The monoisotopic (exact) mass is 360 g/mol. The quantitative estimate of drug-likeness (QED) is 0.733. The van der Waals surface area contributed by atoms with Gasteiger partial charge in [-0.1, -0.05) is 42.5 Å². The zero-order chi connectivity index (χ0) is 18.6. The molecule has 4 rings (SSSR count). The van der Waals surface area contributed by atoms with Crippen molar-refractivity contribution in [3.63, 3.8) is 0 Å². The van der Waals surface area contributed by atoms with Crippen LogP contribution in [-0.4, -0.2) is 34.7 Å². The van der Waals surface area contributed by atoms with Gasteiger partial charge in [0.25, 0.3) is 0 Å². The number of hydrogen-bond donors (Lipinski definition) is 2. The van der Waals surface area contributed by atoms with E-state index in [2.05, 4.69) is 34.1 Å². The number of aromatic hydroxyl groups is 2. The van der Waals surface area contributed by atoms with Crippen molar-refractivity contribution in [3.05, 3.63) is 90.0 Å². The Balaban J connectivity index is 1.58. The van der Waals surface area contributed by atoms with Crippen molar-refractivity contribution in [2.45, 2.75) is 12.6 Å². The van der Waals surface area contributed by atoms with Gasteiger partial charge in [-0.05, 0) is 47.5 Å². The zero-order valence-corrected chi connectivity index (χ0v) is 15.2. The minimum Gasteiger partial charge on any atom is -0.508 e. The lowest BCUT2D eigenvalue weighted by Crippen LogP contribution is -2.48. The number of phenols is 2. The number of nitrogens with zero attached hydrogens (tertiary/aromatic N) is 2. The molecule has 3 aromatic rings. The SMILES string of the molecule is Oc1ccc(CN2CCN(c3ccc(O)cc3)CC2c2ccccc2)cc1. The van der Waals surface area contributed by atoms with E-state index in [9.17, 15) is 10.2 Å². The van der Waals surface area contributed by atoms with Gasteiger partial charge in [0.15, 0.2) is 0 Å². The molecule has 138 valence electrons. The maximum Gasteiger partial charge on any atom is 0.115 e. The molecule has 1 aliphatic rings. The maximum atomic E-state index is 9.57. The van der Waals surface area contributed by atoms with Crippen LogP contribution in [0.2, 0.25) is 0 Å². The van der Waals surface area contributed by atoms with Gasteiger partial charge in [-0.3, -0.25) is 4.90 Å². The molecule has 0 bridgehead atoms. The van der Waals surface area contributed by atoms with Crippen molar-refractivity contribution in [2.75, 3.05) is 24.5 Å². The Morgan fingerprint density at radius 2 is 1.37 bits per heavy atom. The van der Waals surface area contributed by atoms with E-state index in [0.717, 1.165) is 31.9 Å². The lowest BCUT2D eigenvalue weighted by Gasteiger charge is -2.43. The van der Waals surface area contributed by atoms with Crippen LogP contribution in [0, 0.1) is 0 Å².